The van der Waals surface area contributed by atoms with Gasteiger partial charge in [0.25, 0.3) is 0 Å². The average molecular weight is 651 g/mol. The lowest BCUT2D eigenvalue weighted by molar-refractivity contribution is 1.18. The van der Waals surface area contributed by atoms with E-state index in [0.717, 1.165) is 22.3 Å². The van der Waals surface area contributed by atoms with E-state index in [1.54, 1.807) is 42.5 Å². The Kier molecular flexibility index (Phi) is 4.07. The molecule has 10 rings (SSSR count). The van der Waals surface area contributed by atoms with Crippen LogP contribution in [0.2, 0.25) is 0 Å². The molecule has 0 aliphatic rings. The summed E-state index contributed by atoms with van der Waals surface area (Å²) in [6.45, 7) is 0. The number of hydrogen-bond acceptors (Lipinski definition) is 0. The molecule has 8 aromatic carbocycles. The topological polar surface area (TPSA) is 9.86 Å². The first kappa shape index (κ1) is 17.7. The fourth-order valence-electron chi connectivity index (χ4n) is 6.66. The normalized spacial score (nSPS) is 15.5. The van der Waals surface area contributed by atoms with Gasteiger partial charge in [0.2, 0.25) is 0 Å². The van der Waals surface area contributed by atoms with Crippen LogP contribution in [0.3, 0.4) is 0 Å². The molecule has 0 aliphatic heterocycles. The third-order valence-corrected chi connectivity index (χ3v) is 9.03. The Morgan fingerprint density at radius 3 is 1.18 bits per heavy atom. The monoisotopic (exact) mass is 650 g/mol. The second kappa shape index (κ2) is 11.5. The van der Waals surface area contributed by atoms with E-state index in [9.17, 15) is 8.22 Å². The minimum atomic E-state index is -0.610. The summed E-state index contributed by atoms with van der Waals surface area (Å²) in [5, 5.41) is -0.457. The Hall–Kier alpha value is -6.64. The molecule has 10 aromatic rings. The van der Waals surface area contributed by atoms with Crippen molar-refractivity contribution in [3.8, 4) is 44.8 Å². The van der Waals surface area contributed by atoms with Crippen LogP contribution in [0.15, 0.2) is 194 Å². The lowest BCUT2D eigenvalue weighted by Crippen LogP contribution is -1.94. The SMILES string of the molecule is [2H]c1c([2H])c([2H])c2c(c1[2H])c1c([2H])c(-c3c([2H])c([2H])c4c(c3[2H])c3c([2H])c([2H])c([2H])c([2H])c3n4-c3ccc(-c4ccc(-c5ccccc5)cc4)cc3)c([2H])c([2H])c1n2-c1ccccc1. The Morgan fingerprint density at radius 1 is 0.300 bits per heavy atom. The first-order valence-electron chi connectivity index (χ1n) is 23.1. The van der Waals surface area contributed by atoms with Crippen molar-refractivity contribution < 1.29 is 19.2 Å². The van der Waals surface area contributed by atoms with Crippen molar-refractivity contribution in [1.82, 2.24) is 9.13 Å². The molecule has 0 unspecified atom stereocenters. The van der Waals surface area contributed by atoms with Crippen molar-refractivity contribution in [2.75, 3.05) is 0 Å². The van der Waals surface area contributed by atoms with Gasteiger partial charge in [0, 0.05) is 32.9 Å². The smallest absolute Gasteiger partial charge is 0.0645 e. The summed E-state index contributed by atoms with van der Waals surface area (Å²) >= 11 is 0. The molecule has 2 nitrogen and oxygen atoms in total. The molecular formula is C48H32N2. The Morgan fingerprint density at radius 2 is 0.680 bits per heavy atom. The van der Waals surface area contributed by atoms with Gasteiger partial charge in [-0.15, -0.1) is 0 Å². The standard InChI is InChI=1S/C48H32N2/c1-3-11-33(12-4-1)34-19-21-35(22-20-34)36-23-27-40(28-24-36)50-46-18-10-8-16-42(46)44-32-38(26-30-48(44)50)37-25-29-47-43(31-37)41-15-7-9-17-45(41)49(47)39-13-5-2-6-14-39/h1-32H/i7D,8D,9D,10D,15D,16D,17D,18D,25D,26D,29D,30D,31D,32D. The van der Waals surface area contributed by atoms with Crippen LogP contribution >= 0.6 is 0 Å². The molecule has 0 aliphatic carbocycles. The van der Waals surface area contributed by atoms with Gasteiger partial charge in [0.15, 0.2) is 0 Å². The number of aromatic nitrogens is 2. The summed E-state index contributed by atoms with van der Waals surface area (Å²) in [5.41, 5.74) is 3.63. The van der Waals surface area contributed by atoms with Crippen LogP contribution in [0.5, 0.6) is 0 Å². The second-order valence-electron chi connectivity index (χ2n) is 11.9. The van der Waals surface area contributed by atoms with Crippen molar-refractivity contribution >= 4 is 43.6 Å². The molecule has 2 heterocycles. The lowest BCUT2D eigenvalue weighted by Gasteiger charge is -2.11. The van der Waals surface area contributed by atoms with E-state index >= 15 is 0 Å². The van der Waals surface area contributed by atoms with Gasteiger partial charge >= 0.3 is 0 Å². The molecule has 0 N–H and O–H groups in total. The highest BCUT2D eigenvalue weighted by Crippen LogP contribution is 2.38. The molecule has 2 heteroatoms. The molecule has 0 amide bonds. The number of fused-ring (bicyclic) bond motifs is 6. The third-order valence-electron chi connectivity index (χ3n) is 9.03. The summed E-state index contributed by atoms with van der Waals surface area (Å²) in [5.74, 6) is 0. The molecule has 2 aromatic heterocycles. The van der Waals surface area contributed by atoms with E-state index in [4.69, 9.17) is 11.0 Å². The lowest BCUT2D eigenvalue weighted by atomic mass is 10.00. The highest BCUT2D eigenvalue weighted by molar-refractivity contribution is 6.12. The average Bonchev–Trinajstić information content (AvgIpc) is 3.88. The molecule has 0 fully saturated rings. The van der Waals surface area contributed by atoms with Crippen LogP contribution in [0.1, 0.15) is 19.2 Å². The summed E-state index contributed by atoms with van der Waals surface area (Å²) < 4.78 is 131. The van der Waals surface area contributed by atoms with Gasteiger partial charge in [-0.1, -0.05) is 133 Å². The van der Waals surface area contributed by atoms with E-state index in [0.29, 0.717) is 11.4 Å². The Balaban J connectivity index is 1.26. The molecule has 0 spiro atoms. The summed E-state index contributed by atoms with van der Waals surface area (Å²) in [6.07, 6.45) is 0. The van der Waals surface area contributed by atoms with E-state index in [1.165, 1.54) is 9.13 Å². The number of hydrogen-bond donors (Lipinski definition) is 0. The predicted molar refractivity (Wildman–Crippen MR) is 211 cm³/mol. The maximum absolute atomic E-state index is 9.78. The van der Waals surface area contributed by atoms with E-state index in [1.807, 2.05) is 66.7 Å². The first-order valence-corrected chi connectivity index (χ1v) is 16.1. The predicted octanol–water partition coefficient (Wildman–Crippen LogP) is 12.9. The van der Waals surface area contributed by atoms with Crippen molar-refractivity contribution in [2.24, 2.45) is 0 Å². The van der Waals surface area contributed by atoms with Gasteiger partial charge in [-0.25, -0.2) is 0 Å². The summed E-state index contributed by atoms with van der Waals surface area (Å²) in [6, 6.07) is 26.2. The van der Waals surface area contributed by atoms with Gasteiger partial charge in [-0.05, 0) is 93.9 Å². The largest absolute Gasteiger partial charge is 0.309 e. The minimum Gasteiger partial charge on any atom is -0.309 e. The van der Waals surface area contributed by atoms with Gasteiger partial charge in [0.05, 0.1) is 41.3 Å². The van der Waals surface area contributed by atoms with Crippen LogP contribution in [-0.4, -0.2) is 9.13 Å². The fourth-order valence-corrected chi connectivity index (χ4v) is 6.66. The molecule has 50 heavy (non-hydrogen) atoms. The van der Waals surface area contributed by atoms with Crippen molar-refractivity contribution in [2.45, 2.75) is 0 Å². The summed E-state index contributed by atoms with van der Waals surface area (Å²) in [7, 11) is 0. The molecule has 0 radical (unpaired) electrons. The Labute approximate surface area is 310 Å². The molecule has 234 valence electrons. The molecule has 0 bridgehead atoms. The fraction of sp³-hybridized carbons (Fsp3) is 0. The van der Waals surface area contributed by atoms with Crippen molar-refractivity contribution in [3.05, 3.63) is 194 Å². The highest BCUT2D eigenvalue weighted by atomic mass is 15.0. The molecule has 0 saturated heterocycles. The van der Waals surface area contributed by atoms with Gasteiger partial charge in [0.1, 0.15) is 0 Å². The first-order chi connectivity index (χ1) is 30.6. The zero-order valence-electron chi connectivity index (χ0n) is 40.3. The van der Waals surface area contributed by atoms with Crippen LogP contribution in [0.25, 0.3) is 88.4 Å². The van der Waals surface area contributed by atoms with Crippen LogP contribution in [-0.2, 0) is 0 Å². The number of rotatable bonds is 5. The maximum Gasteiger partial charge on any atom is 0.0645 e. The number of nitrogens with zero attached hydrogens (tertiary/aromatic N) is 2. The van der Waals surface area contributed by atoms with Gasteiger partial charge < -0.3 is 9.13 Å². The zero-order valence-corrected chi connectivity index (χ0v) is 26.3. The van der Waals surface area contributed by atoms with E-state index in [2.05, 4.69) is 0 Å². The van der Waals surface area contributed by atoms with Crippen LogP contribution in [0.4, 0.5) is 0 Å². The number of para-hydroxylation sites is 3. The van der Waals surface area contributed by atoms with Crippen LogP contribution in [0, 0.1) is 0 Å². The number of benzene rings is 8. The minimum absolute atomic E-state index is 0.0335. The maximum atomic E-state index is 9.78. The van der Waals surface area contributed by atoms with Crippen LogP contribution < -0.4 is 0 Å². The summed E-state index contributed by atoms with van der Waals surface area (Å²) in [4.78, 5) is 0. The molecule has 0 atom stereocenters. The van der Waals surface area contributed by atoms with Gasteiger partial charge in [-0.2, -0.15) is 0 Å². The van der Waals surface area contributed by atoms with E-state index < -0.39 is 95.7 Å². The zero-order chi connectivity index (χ0) is 45.2. The third kappa shape index (κ3) is 4.57. The molecular weight excluding hydrogens is 605 g/mol. The van der Waals surface area contributed by atoms with Crippen molar-refractivity contribution in [1.29, 1.82) is 0 Å². The second-order valence-corrected chi connectivity index (χ2v) is 11.9. The van der Waals surface area contributed by atoms with Gasteiger partial charge in [-0.3, -0.25) is 0 Å². The highest BCUT2D eigenvalue weighted by Gasteiger charge is 2.16. The Bertz CT molecular complexity index is 3620. The molecule has 0 saturated carbocycles. The van der Waals surface area contributed by atoms with E-state index in [-0.39, 0.29) is 43.6 Å². The quantitative estimate of drug-likeness (QED) is 0.175. The van der Waals surface area contributed by atoms with Crippen molar-refractivity contribution in [3.63, 3.8) is 0 Å².